The largest absolute Gasteiger partial charge is 0.301 e. The summed E-state index contributed by atoms with van der Waals surface area (Å²) >= 11 is 5.33. The number of rotatable bonds is 0. The van der Waals surface area contributed by atoms with Crippen LogP contribution in [0, 0.1) is 0 Å². The molecular formula is C12H8BrN3S. The molecule has 3 aliphatic heterocycles. The molecule has 0 saturated carbocycles. The van der Waals surface area contributed by atoms with Crippen molar-refractivity contribution in [1.29, 1.82) is 0 Å². The van der Waals surface area contributed by atoms with Gasteiger partial charge < -0.3 is 4.90 Å². The Balaban J connectivity index is 1.82. The van der Waals surface area contributed by atoms with Crippen LogP contribution in [-0.2, 0) is 0 Å². The van der Waals surface area contributed by atoms with Gasteiger partial charge in [-0.1, -0.05) is 30.0 Å². The summed E-state index contributed by atoms with van der Waals surface area (Å²) in [5, 5.41) is 0.326. The molecular weight excluding hydrogens is 298 g/mol. The number of nitrogens with zero attached hydrogens (tertiary/aromatic N) is 3. The SMILES string of the molecule is BrC1=CN2C(=NC3c4ccccc4SC32)N=C1. The monoisotopic (exact) mass is 305 g/mol. The molecule has 4 rings (SSSR count). The molecule has 3 aliphatic rings. The van der Waals surface area contributed by atoms with E-state index in [1.165, 1.54) is 10.5 Å². The molecule has 0 saturated heterocycles. The number of fused-ring (bicyclic) bond motifs is 5. The van der Waals surface area contributed by atoms with E-state index >= 15 is 0 Å². The lowest BCUT2D eigenvalue weighted by atomic mass is 10.1. The molecule has 1 aromatic carbocycles. The maximum absolute atomic E-state index is 4.71. The van der Waals surface area contributed by atoms with E-state index in [2.05, 4.69) is 56.3 Å². The summed E-state index contributed by atoms with van der Waals surface area (Å²) < 4.78 is 0.994. The Hall–Kier alpha value is -1.07. The number of halogens is 1. The maximum Gasteiger partial charge on any atom is 0.226 e. The zero-order chi connectivity index (χ0) is 11.4. The lowest BCUT2D eigenvalue weighted by molar-refractivity contribution is 0.510. The van der Waals surface area contributed by atoms with Gasteiger partial charge in [0.15, 0.2) is 0 Å². The van der Waals surface area contributed by atoms with Crippen LogP contribution in [0.1, 0.15) is 11.6 Å². The second-order valence-electron chi connectivity index (χ2n) is 4.10. The molecule has 0 amide bonds. The van der Waals surface area contributed by atoms with E-state index < -0.39 is 0 Å². The average Bonchev–Trinajstić information content (AvgIpc) is 2.85. The molecule has 0 N–H and O–H groups in total. The van der Waals surface area contributed by atoms with Crippen LogP contribution in [0.4, 0.5) is 0 Å². The van der Waals surface area contributed by atoms with Gasteiger partial charge in [-0.3, -0.25) is 0 Å². The minimum Gasteiger partial charge on any atom is -0.301 e. The van der Waals surface area contributed by atoms with Crippen LogP contribution in [0.2, 0.25) is 0 Å². The highest BCUT2D eigenvalue weighted by atomic mass is 79.9. The summed E-state index contributed by atoms with van der Waals surface area (Å²) in [4.78, 5) is 12.5. The van der Waals surface area contributed by atoms with Crippen LogP contribution in [0.25, 0.3) is 0 Å². The smallest absolute Gasteiger partial charge is 0.226 e. The van der Waals surface area contributed by atoms with Crippen molar-refractivity contribution >= 4 is 39.9 Å². The summed E-state index contributed by atoms with van der Waals surface area (Å²) in [5.41, 5.74) is 1.32. The van der Waals surface area contributed by atoms with Gasteiger partial charge in [0.05, 0.1) is 4.48 Å². The zero-order valence-electron chi connectivity index (χ0n) is 8.75. The van der Waals surface area contributed by atoms with Gasteiger partial charge in [0.1, 0.15) is 11.4 Å². The van der Waals surface area contributed by atoms with Crippen LogP contribution >= 0.6 is 27.7 Å². The number of hydrogen-bond acceptors (Lipinski definition) is 4. The fraction of sp³-hybridized carbons (Fsp3) is 0.167. The zero-order valence-corrected chi connectivity index (χ0v) is 11.1. The quantitative estimate of drug-likeness (QED) is 0.736. The Morgan fingerprint density at radius 2 is 2.18 bits per heavy atom. The third kappa shape index (κ3) is 1.35. The lowest BCUT2D eigenvalue weighted by Crippen LogP contribution is -2.29. The van der Waals surface area contributed by atoms with E-state index in [9.17, 15) is 0 Å². The van der Waals surface area contributed by atoms with Crippen molar-refractivity contribution < 1.29 is 0 Å². The number of thioether (sulfide) groups is 1. The number of aliphatic imine (C=N–C) groups is 2. The van der Waals surface area contributed by atoms with E-state index in [1.807, 2.05) is 11.8 Å². The van der Waals surface area contributed by atoms with Gasteiger partial charge >= 0.3 is 0 Å². The minimum atomic E-state index is 0.220. The Bertz CT molecular complexity index is 593. The number of benzene rings is 1. The van der Waals surface area contributed by atoms with E-state index in [0.717, 1.165) is 10.4 Å². The fourth-order valence-electron chi connectivity index (χ4n) is 2.34. The highest BCUT2D eigenvalue weighted by Crippen LogP contribution is 2.51. The predicted octanol–water partition coefficient (Wildman–Crippen LogP) is 3.15. The first-order valence-electron chi connectivity index (χ1n) is 5.36. The van der Waals surface area contributed by atoms with Gasteiger partial charge in [0.2, 0.25) is 5.96 Å². The molecule has 2 atom stereocenters. The molecule has 0 bridgehead atoms. The van der Waals surface area contributed by atoms with Gasteiger partial charge in [-0.2, -0.15) is 0 Å². The third-order valence-corrected chi connectivity index (χ3v) is 4.84. The highest BCUT2D eigenvalue weighted by Gasteiger charge is 2.43. The normalized spacial score (nSPS) is 28.4. The Morgan fingerprint density at radius 1 is 1.29 bits per heavy atom. The first-order chi connectivity index (χ1) is 8.33. The molecule has 0 aromatic heterocycles. The molecule has 3 heterocycles. The van der Waals surface area contributed by atoms with E-state index in [0.29, 0.717) is 5.37 Å². The van der Waals surface area contributed by atoms with E-state index in [-0.39, 0.29) is 6.04 Å². The van der Waals surface area contributed by atoms with Crippen LogP contribution in [-0.4, -0.2) is 22.4 Å². The van der Waals surface area contributed by atoms with Gasteiger partial charge in [-0.25, -0.2) is 9.98 Å². The second kappa shape index (κ2) is 3.46. The Morgan fingerprint density at radius 3 is 3.12 bits per heavy atom. The molecule has 0 radical (unpaired) electrons. The molecule has 0 fully saturated rings. The third-order valence-electron chi connectivity index (χ3n) is 3.08. The highest BCUT2D eigenvalue weighted by molar-refractivity contribution is 9.12. The standard InChI is InChI=1S/C12H8BrN3S/c13-7-5-14-12-15-10-8-3-1-2-4-9(8)17-11(10)16(12)6-7/h1-6,10-11H. The minimum absolute atomic E-state index is 0.220. The second-order valence-corrected chi connectivity index (χ2v) is 6.17. The van der Waals surface area contributed by atoms with E-state index in [4.69, 9.17) is 4.99 Å². The predicted molar refractivity (Wildman–Crippen MR) is 73.6 cm³/mol. The van der Waals surface area contributed by atoms with Crippen molar-refractivity contribution in [1.82, 2.24) is 4.90 Å². The van der Waals surface area contributed by atoms with Gasteiger partial charge in [-0.15, -0.1) is 0 Å². The molecule has 0 spiro atoms. The van der Waals surface area contributed by atoms with Crippen LogP contribution in [0.3, 0.4) is 0 Å². The molecule has 3 nitrogen and oxygen atoms in total. The molecule has 84 valence electrons. The summed E-state index contributed by atoms with van der Waals surface area (Å²) in [5.74, 6) is 0.824. The first-order valence-corrected chi connectivity index (χ1v) is 7.03. The van der Waals surface area contributed by atoms with Crippen LogP contribution in [0.5, 0.6) is 0 Å². The Labute approximate surface area is 111 Å². The van der Waals surface area contributed by atoms with Gasteiger partial charge in [0, 0.05) is 17.3 Å². The van der Waals surface area contributed by atoms with Crippen molar-refractivity contribution in [3.63, 3.8) is 0 Å². The van der Waals surface area contributed by atoms with Gasteiger partial charge in [-0.05, 0) is 27.6 Å². The topological polar surface area (TPSA) is 28.0 Å². The fourth-order valence-corrected chi connectivity index (χ4v) is 4.01. The average molecular weight is 306 g/mol. The van der Waals surface area contributed by atoms with Crippen LogP contribution < -0.4 is 0 Å². The number of hydrogen-bond donors (Lipinski definition) is 0. The van der Waals surface area contributed by atoms with Crippen molar-refractivity contribution in [3.05, 3.63) is 40.5 Å². The summed E-state index contributed by atoms with van der Waals surface area (Å²) in [7, 11) is 0. The van der Waals surface area contributed by atoms with Crippen molar-refractivity contribution in [2.45, 2.75) is 16.3 Å². The molecule has 1 aromatic rings. The summed E-state index contributed by atoms with van der Waals surface area (Å²) in [6.45, 7) is 0. The Kier molecular flexibility index (Phi) is 2.02. The van der Waals surface area contributed by atoms with Crippen LogP contribution in [0.15, 0.2) is 49.8 Å². The number of allylic oxidation sites excluding steroid dienone is 1. The first kappa shape index (κ1) is 9.91. The molecule has 2 unspecified atom stereocenters. The van der Waals surface area contributed by atoms with E-state index in [1.54, 1.807) is 6.21 Å². The molecule has 0 aliphatic carbocycles. The lowest BCUT2D eigenvalue weighted by Gasteiger charge is -2.22. The maximum atomic E-state index is 4.71. The number of guanidine groups is 1. The molecule has 17 heavy (non-hydrogen) atoms. The van der Waals surface area contributed by atoms with Crippen molar-refractivity contribution in [2.24, 2.45) is 9.98 Å². The van der Waals surface area contributed by atoms with Crippen molar-refractivity contribution in [3.8, 4) is 0 Å². The molecule has 5 heteroatoms. The summed E-state index contributed by atoms with van der Waals surface area (Å²) in [6, 6.07) is 8.71. The summed E-state index contributed by atoms with van der Waals surface area (Å²) in [6.07, 6.45) is 3.86. The van der Waals surface area contributed by atoms with Crippen molar-refractivity contribution in [2.75, 3.05) is 0 Å². The van der Waals surface area contributed by atoms with Gasteiger partial charge in [0.25, 0.3) is 0 Å².